The lowest BCUT2D eigenvalue weighted by Gasteiger charge is -2.44. The molecule has 1 N–H and O–H groups in total. The molecule has 2 aliphatic heterocycles. The van der Waals surface area contributed by atoms with Crippen molar-refractivity contribution in [2.75, 3.05) is 19.9 Å². The average Bonchev–Trinajstić information content (AvgIpc) is 3.48. The lowest BCUT2D eigenvalue weighted by molar-refractivity contribution is -0.122. The lowest BCUT2D eigenvalue weighted by Crippen LogP contribution is -2.50. The number of fused-ring (bicyclic) bond motifs is 3. The highest BCUT2D eigenvalue weighted by molar-refractivity contribution is 5.74. The van der Waals surface area contributed by atoms with E-state index in [0.29, 0.717) is 6.61 Å². The van der Waals surface area contributed by atoms with Gasteiger partial charge in [0.05, 0.1) is 18.8 Å². The third-order valence-corrected chi connectivity index (χ3v) is 7.93. The number of ether oxygens (including phenoxy) is 3. The maximum absolute atomic E-state index is 12.3. The summed E-state index contributed by atoms with van der Waals surface area (Å²) < 4.78 is 18.0. The number of para-hydroxylation sites is 1. The predicted octanol–water partition coefficient (Wildman–Crippen LogP) is 4.73. The van der Waals surface area contributed by atoms with Crippen molar-refractivity contribution in [2.45, 2.75) is 50.5 Å². The van der Waals surface area contributed by atoms with E-state index in [1.807, 2.05) is 30.3 Å². The molecule has 186 valence electrons. The van der Waals surface area contributed by atoms with Gasteiger partial charge < -0.3 is 19.5 Å². The van der Waals surface area contributed by atoms with Crippen LogP contribution >= 0.6 is 0 Å². The minimum atomic E-state index is -0.156. The first-order valence-electron chi connectivity index (χ1n) is 12.8. The summed E-state index contributed by atoms with van der Waals surface area (Å²) in [5, 5.41) is 3.23. The van der Waals surface area contributed by atoms with Crippen LogP contribution in [0.25, 0.3) is 0 Å². The summed E-state index contributed by atoms with van der Waals surface area (Å²) in [7, 11) is 0. The van der Waals surface area contributed by atoms with E-state index in [0.717, 1.165) is 49.5 Å². The number of hydrogen-bond donors (Lipinski definition) is 1. The fraction of sp³-hybridized carbons (Fsp3) is 0.367. The zero-order valence-corrected chi connectivity index (χ0v) is 20.6. The number of likely N-dealkylation sites (tertiary alicyclic amines) is 1. The van der Waals surface area contributed by atoms with Gasteiger partial charge in [0.2, 0.25) is 12.7 Å². The van der Waals surface area contributed by atoms with Gasteiger partial charge >= 0.3 is 0 Å². The number of nitrogens with one attached hydrogen (secondary N) is 1. The predicted molar refractivity (Wildman–Crippen MR) is 137 cm³/mol. The fourth-order valence-corrected chi connectivity index (χ4v) is 6.27. The van der Waals surface area contributed by atoms with Gasteiger partial charge in [0.25, 0.3) is 0 Å². The van der Waals surface area contributed by atoms with Crippen LogP contribution in [-0.4, -0.2) is 36.8 Å². The first kappa shape index (κ1) is 23.1. The molecule has 0 unspecified atom stereocenters. The number of amides is 1. The Morgan fingerprint density at radius 3 is 2.58 bits per heavy atom. The van der Waals surface area contributed by atoms with Crippen LogP contribution in [0.5, 0.6) is 11.5 Å². The van der Waals surface area contributed by atoms with Gasteiger partial charge in [0, 0.05) is 24.4 Å². The first-order valence-corrected chi connectivity index (χ1v) is 12.8. The molecule has 3 aromatic rings. The van der Waals surface area contributed by atoms with Crippen molar-refractivity contribution in [3.63, 3.8) is 0 Å². The van der Waals surface area contributed by atoms with E-state index in [-0.39, 0.29) is 30.3 Å². The molecule has 1 spiro atoms. The quantitative estimate of drug-likeness (QED) is 0.548. The Bertz CT molecular complexity index is 1240. The first-order chi connectivity index (χ1) is 17.6. The van der Waals surface area contributed by atoms with E-state index in [1.54, 1.807) is 6.92 Å². The zero-order valence-electron chi connectivity index (χ0n) is 20.6. The second kappa shape index (κ2) is 9.60. The van der Waals surface area contributed by atoms with Crippen LogP contribution < -0.4 is 14.8 Å². The highest BCUT2D eigenvalue weighted by atomic mass is 16.7. The van der Waals surface area contributed by atoms with Gasteiger partial charge in [-0.05, 0) is 48.7 Å². The molecule has 0 saturated carbocycles. The Morgan fingerprint density at radius 1 is 1.00 bits per heavy atom. The third-order valence-electron chi connectivity index (χ3n) is 7.93. The van der Waals surface area contributed by atoms with E-state index in [4.69, 9.17) is 14.2 Å². The van der Waals surface area contributed by atoms with Crippen LogP contribution in [0, 0.1) is 0 Å². The van der Waals surface area contributed by atoms with Crippen molar-refractivity contribution in [2.24, 2.45) is 0 Å². The Kier molecular flexibility index (Phi) is 6.15. The molecule has 0 aromatic heterocycles. The highest BCUT2D eigenvalue weighted by Gasteiger charge is 2.54. The van der Waals surface area contributed by atoms with E-state index in [9.17, 15) is 4.79 Å². The standard InChI is InChI=1S/C30H32N2O4/c1-21(33)31-27-24-11-5-6-12-25(24)30(29(27)34-19-22-8-3-2-4-9-22)14-16-32(17-15-30)18-23-10-7-13-26-28(23)36-20-35-26/h2-13,27,29H,14-20H2,1H3,(H,31,33)/t27-,29+/m1/s1. The van der Waals surface area contributed by atoms with Gasteiger partial charge in [0.1, 0.15) is 0 Å². The van der Waals surface area contributed by atoms with Crippen molar-refractivity contribution in [1.29, 1.82) is 0 Å². The number of carbonyl (C=O) groups excluding carboxylic acids is 1. The second-order valence-electron chi connectivity index (χ2n) is 10.1. The molecule has 1 amide bonds. The molecular formula is C30H32N2O4. The largest absolute Gasteiger partial charge is 0.454 e. The molecule has 2 heterocycles. The van der Waals surface area contributed by atoms with Crippen LogP contribution in [0.4, 0.5) is 0 Å². The van der Waals surface area contributed by atoms with Crippen LogP contribution in [0.1, 0.15) is 48.1 Å². The fourth-order valence-electron chi connectivity index (χ4n) is 6.27. The summed E-state index contributed by atoms with van der Waals surface area (Å²) in [4.78, 5) is 14.7. The van der Waals surface area contributed by atoms with Crippen molar-refractivity contribution >= 4 is 5.91 Å². The minimum absolute atomic E-state index is 0.0299. The van der Waals surface area contributed by atoms with Gasteiger partial charge in [0.15, 0.2) is 11.5 Å². The highest BCUT2D eigenvalue weighted by Crippen LogP contribution is 2.52. The molecule has 1 fully saturated rings. The molecule has 1 aliphatic carbocycles. The van der Waals surface area contributed by atoms with Gasteiger partial charge in [-0.1, -0.05) is 66.7 Å². The number of nitrogens with zero attached hydrogens (tertiary/aromatic N) is 1. The second-order valence-corrected chi connectivity index (χ2v) is 10.1. The van der Waals surface area contributed by atoms with Crippen LogP contribution in [0.15, 0.2) is 72.8 Å². The molecule has 1 saturated heterocycles. The van der Waals surface area contributed by atoms with Crippen LogP contribution in [-0.2, 0) is 28.1 Å². The monoisotopic (exact) mass is 484 g/mol. The third kappa shape index (κ3) is 4.14. The number of piperidine rings is 1. The Morgan fingerprint density at radius 2 is 1.78 bits per heavy atom. The molecule has 6 heteroatoms. The molecule has 3 aromatic carbocycles. The summed E-state index contributed by atoms with van der Waals surface area (Å²) in [6.07, 6.45) is 1.80. The van der Waals surface area contributed by atoms with E-state index < -0.39 is 0 Å². The molecule has 36 heavy (non-hydrogen) atoms. The normalized spacial score (nSPS) is 21.9. The molecule has 0 bridgehead atoms. The number of carbonyl (C=O) groups is 1. The minimum Gasteiger partial charge on any atom is -0.454 e. The number of hydrogen-bond acceptors (Lipinski definition) is 5. The van der Waals surface area contributed by atoms with Crippen molar-refractivity contribution in [3.8, 4) is 11.5 Å². The molecule has 6 nitrogen and oxygen atoms in total. The van der Waals surface area contributed by atoms with E-state index >= 15 is 0 Å². The van der Waals surface area contributed by atoms with Gasteiger partial charge in [-0.15, -0.1) is 0 Å². The van der Waals surface area contributed by atoms with Gasteiger partial charge in [-0.25, -0.2) is 0 Å². The molecule has 6 rings (SSSR count). The SMILES string of the molecule is CC(=O)N[C@@H]1c2ccccc2C2(CCN(Cc3cccc4c3OCO4)CC2)[C@H]1OCc1ccccc1. The smallest absolute Gasteiger partial charge is 0.231 e. The summed E-state index contributed by atoms with van der Waals surface area (Å²) in [5.74, 6) is 1.68. The number of rotatable bonds is 6. The maximum Gasteiger partial charge on any atom is 0.231 e. The van der Waals surface area contributed by atoms with E-state index in [1.165, 1.54) is 16.7 Å². The summed E-state index contributed by atoms with van der Waals surface area (Å²) >= 11 is 0. The van der Waals surface area contributed by atoms with Crippen LogP contribution in [0.2, 0.25) is 0 Å². The number of benzene rings is 3. The van der Waals surface area contributed by atoms with Crippen molar-refractivity contribution in [1.82, 2.24) is 10.2 Å². The Hall–Kier alpha value is -3.35. The van der Waals surface area contributed by atoms with E-state index in [2.05, 4.69) is 52.7 Å². The Labute approximate surface area is 212 Å². The lowest BCUT2D eigenvalue weighted by atomic mass is 9.71. The zero-order chi connectivity index (χ0) is 24.5. The summed E-state index contributed by atoms with van der Waals surface area (Å²) in [6, 6.07) is 24.8. The molecule has 2 atom stereocenters. The van der Waals surface area contributed by atoms with Gasteiger partial charge in [-0.3, -0.25) is 9.69 Å². The molecule has 0 radical (unpaired) electrons. The molecule has 3 aliphatic rings. The topological polar surface area (TPSA) is 60.0 Å². The van der Waals surface area contributed by atoms with Crippen LogP contribution in [0.3, 0.4) is 0 Å². The summed E-state index contributed by atoms with van der Waals surface area (Å²) in [5.41, 5.74) is 4.67. The molecular weight excluding hydrogens is 452 g/mol. The van der Waals surface area contributed by atoms with Crippen molar-refractivity contribution in [3.05, 3.63) is 95.1 Å². The average molecular weight is 485 g/mol. The Balaban J connectivity index is 1.26. The maximum atomic E-state index is 12.3. The van der Waals surface area contributed by atoms with Gasteiger partial charge in [-0.2, -0.15) is 0 Å². The summed E-state index contributed by atoms with van der Waals surface area (Å²) in [6.45, 7) is 5.11. The van der Waals surface area contributed by atoms with Crippen molar-refractivity contribution < 1.29 is 19.0 Å².